The van der Waals surface area contributed by atoms with Crippen LogP contribution in [0.25, 0.3) is 0 Å². The number of likely N-dealkylation sites (N-methyl/N-ethyl adjacent to an activating group) is 2. The molecule has 0 spiro atoms. The average Bonchev–Trinajstić information content (AvgIpc) is 3.69. The van der Waals surface area contributed by atoms with Crippen molar-refractivity contribution in [2.75, 3.05) is 37.0 Å². The van der Waals surface area contributed by atoms with Crippen LogP contribution in [0.2, 0.25) is 0 Å². The highest BCUT2D eigenvalue weighted by molar-refractivity contribution is 5.74. The van der Waals surface area contributed by atoms with E-state index in [4.69, 9.17) is 0 Å². The molecule has 2 saturated heterocycles. The number of rotatable bonds is 5. The minimum absolute atomic E-state index is 0.00983. The lowest BCUT2D eigenvalue weighted by Crippen LogP contribution is -2.63. The van der Waals surface area contributed by atoms with Gasteiger partial charge in [-0.25, -0.2) is 0 Å². The summed E-state index contributed by atoms with van der Waals surface area (Å²) in [4.78, 5) is 10.8. The predicted molar refractivity (Wildman–Crippen MR) is 164 cm³/mol. The van der Waals surface area contributed by atoms with E-state index >= 15 is 0 Å². The zero-order valence-corrected chi connectivity index (χ0v) is 23.6. The number of likely N-dealkylation sites (tertiary alicyclic amines) is 2. The fourth-order valence-electron chi connectivity index (χ4n) is 9.27. The van der Waals surface area contributed by atoms with Gasteiger partial charge in [0.05, 0.1) is 12.3 Å². The predicted octanol–water partition coefficient (Wildman–Crippen LogP) is 6.23. The third-order valence-electron chi connectivity index (χ3n) is 10.6. The number of para-hydroxylation sites is 2. The van der Waals surface area contributed by atoms with Gasteiger partial charge in [-0.1, -0.05) is 97.1 Å². The molecule has 4 nitrogen and oxygen atoms in total. The van der Waals surface area contributed by atoms with Crippen molar-refractivity contribution in [1.29, 1.82) is 0 Å². The fourth-order valence-corrected chi connectivity index (χ4v) is 9.27. The Morgan fingerprint density at radius 2 is 0.900 bits per heavy atom. The summed E-state index contributed by atoms with van der Waals surface area (Å²) in [6.07, 6.45) is 2.97. The number of anilines is 2. The van der Waals surface area contributed by atoms with E-state index in [0.29, 0.717) is 12.3 Å². The Labute approximate surface area is 238 Å². The normalized spacial score (nSPS) is 28.9. The van der Waals surface area contributed by atoms with Crippen molar-refractivity contribution in [3.63, 3.8) is 0 Å². The first-order valence-corrected chi connectivity index (χ1v) is 14.9. The summed E-state index contributed by atoms with van der Waals surface area (Å²) in [6.45, 7) is 4.09. The van der Waals surface area contributed by atoms with Crippen LogP contribution in [0, 0.1) is 0 Å². The van der Waals surface area contributed by atoms with Crippen LogP contribution in [-0.2, 0) is 23.9 Å². The molecular formula is C36H38N4. The Hall–Kier alpha value is -3.60. The summed E-state index contributed by atoms with van der Waals surface area (Å²) in [5.41, 5.74) is 8.68. The van der Waals surface area contributed by atoms with Gasteiger partial charge in [-0.3, -0.25) is 9.80 Å². The molecule has 4 heteroatoms. The Bertz CT molecular complexity index is 1420. The Morgan fingerprint density at radius 1 is 0.525 bits per heavy atom. The van der Waals surface area contributed by atoms with Crippen molar-refractivity contribution < 1.29 is 0 Å². The number of nitrogens with zero attached hydrogens (tertiary/aromatic N) is 4. The van der Waals surface area contributed by atoms with E-state index in [-0.39, 0.29) is 10.8 Å². The van der Waals surface area contributed by atoms with Gasteiger partial charge in [0, 0.05) is 48.4 Å². The maximum atomic E-state index is 2.74. The SMILES string of the molecule is CN1CC[C@@]2([C@]34CCN(C)[C@H]3N(Cc3ccccc3)c3ccccc34)c3ccccc3N(Cc3ccccc3)[C@@H]12. The first kappa shape index (κ1) is 24.2. The molecule has 0 unspecified atom stereocenters. The monoisotopic (exact) mass is 526 g/mol. The lowest BCUT2D eigenvalue weighted by Gasteiger charge is -2.51. The molecule has 0 N–H and O–H groups in total. The highest BCUT2D eigenvalue weighted by atomic mass is 15.4. The molecule has 0 bridgehead atoms. The number of benzene rings is 4. The molecular weight excluding hydrogens is 488 g/mol. The molecule has 0 radical (unpaired) electrons. The van der Waals surface area contributed by atoms with Crippen LogP contribution in [0.15, 0.2) is 109 Å². The van der Waals surface area contributed by atoms with Crippen LogP contribution in [0.1, 0.15) is 35.1 Å². The Kier molecular flexibility index (Phi) is 5.42. The number of hydrogen-bond donors (Lipinski definition) is 0. The van der Waals surface area contributed by atoms with Crippen LogP contribution in [0.5, 0.6) is 0 Å². The summed E-state index contributed by atoms with van der Waals surface area (Å²) in [5, 5.41) is 0. The van der Waals surface area contributed by atoms with E-state index < -0.39 is 0 Å². The minimum Gasteiger partial charge on any atom is -0.350 e. The van der Waals surface area contributed by atoms with Gasteiger partial charge < -0.3 is 9.80 Å². The zero-order chi connectivity index (χ0) is 26.9. The molecule has 0 saturated carbocycles. The van der Waals surface area contributed by atoms with Gasteiger partial charge in [-0.15, -0.1) is 0 Å². The van der Waals surface area contributed by atoms with Crippen molar-refractivity contribution >= 4 is 11.4 Å². The van der Waals surface area contributed by atoms with Gasteiger partial charge in [0.2, 0.25) is 0 Å². The number of hydrogen-bond acceptors (Lipinski definition) is 4. The number of fused-ring (bicyclic) bond motifs is 7. The van der Waals surface area contributed by atoms with Gasteiger partial charge in [0.15, 0.2) is 0 Å². The van der Waals surface area contributed by atoms with E-state index in [1.165, 1.54) is 35.3 Å². The highest BCUT2D eigenvalue weighted by Crippen LogP contribution is 2.68. The molecule has 4 aromatic rings. The Balaban J connectivity index is 1.35. The van der Waals surface area contributed by atoms with E-state index in [1.807, 2.05) is 0 Å². The molecule has 4 aliphatic heterocycles. The molecule has 4 aliphatic rings. The van der Waals surface area contributed by atoms with Crippen molar-refractivity contribution in [2.45, 2.75) is 49.1 Å². The lowest BCUT2D eigenvalue weighted by molar-refractivity contribution is 0.121. The van der Waals surface area contributed by atoms with Crippen molar-refractivity contribution in [2.24, 2.45) is 0 Å². The second kappa shape index (κ2) is 8.95. The maximum absolute atomic E-state index is 2.74. The second-order valence-corrected chi connectivity index (χ2v) is 12.4. The van der Waals surface area contributed by atoms with E-state index in [1.54, 1.807) is 11.1 Å². The van der Waals surface area contributed by atoms with Gasteiger partial charge in [0.25, 0.3) is 0 Å². The summed E-state index contributed by atoms with van der Waals surface area (Å²) >= 11 is 0. The van der Waals surface area contributed by atoms with Crippen molar-refractivity contribution in [1.82, 2.24) is 9.80 Å². The van der Waals surface area contributed by atoms with Crippen LogP contribution in [-0.4, -0.2) is 49.3 Å². The Morgan fingerprint density at radius 3 is 1.32 bits per heavy atom. The van der Waals surface area contributed by atoms with Gasteiger partial charge in [-0.05, 0) is 61.3 Å². The van der Waals surface area contributed by atoms with Crippen molar-refractivity contribution in [3.8, 4) is 0 Å². The molecule has 8 rings (SSSR count). The summed E-state index contributed by atoms with van der Waals surface area (Å²) in [5.74, 6) is 0. The van der Waals surface area contributed by atoms with E-state index in [2.05, 4.69) is 143 Å². The summed E-state index contributed by atoms with van der Waals surface area (Å²) in [7, 11) is 4.73. The molecule has 0 aromatic heterocycles. The van der Waals surface area contributed by atoms with Crippen molar-refractivity contribution in [3.05, 3.63) is 131 Å². The molecule has 4 aromatic carbocycles. The minimum atomic E-state index is -0.00983. The third kappa shape index (κ3) is 3.09. The highest BCUT2D eigenvalue weighted by Gasteiger charge is 2.73. The van der Waals surface area contributed by atoms with E-state index in [0.717, 1.165) is 26.2 Å². The first-order chi connectivity index (χ1) is 19.6. The summed E-state index contributed by atoms with van der Waals surface area (Å²) in [6, 6.07) is 40.9. The largest absolute Gasteiger partial charge is 0.350 e. The van der Waals surface area contributed by atoms with E-state index in [9.17, 15) is 0 Å². The standard InChI is InChI=1S/C36H38N4/c1-37-23-21-35(29-17-9-11-19-31(29)39(33(35)37)25-27-13-5-3-6-14-27)36-22-24-38(2)34(36)40(26-28-15-7-4-8-16-28)32-20-12-10-18-30(32)36/h3-20,33-34H,21-26H2,1-2H3/t33-,34+,35-,36+. The molecule has 0 aliphatic carbocycles. The zero-order valence-electron chi connectivity index (χ0n) is 23.6. The van der Waals surface area contributed by atoms with Crippen LogP contribution < -0.4 is 9.80 Å². The van der Waals surface area contributed by atoms with Crippen LogP contribution in [0.4, 0.5) is 11.4 Å². The maximum Gasteiger partial charge on any atom is 0.0931 e. The molecule has 2 fully saturated rings. The quantitative estimate of drug-likeness (QED) is 0.306. The van der Waals surface area contributed by atoms with Crippen LogP contribution >= 0.6 is 0 Å². The molecule has 202 valence electrons. The average molecular weight is 527 g/mol. The molecule has 40 heavy (non-hydrogen) atoms. The van der Waals surface area contributed by atoms with Gasteiger partial charge in [-0.2, -0.15) is 0 Å². The molecule has 4 heterocycles. The third-order valence-corrected chi connectivity index (χ3v) is 10.6. The van der Waals surface area contributed by atoms with Crippen LogP contribution in [0.3, 0.4) is 0 Å². The molecule has 4 atom stereocenters. The van der Waals surface area contributed by atoms with Gasteiger partial charge >= 0.3 is 0 Å². The lowest BCUT2D eigenvalue weighted by atomic mass is 9.55. The fraction of sp³-hybridized carbons (Fsp3) is 0.333. The molecule has 0 amide bonds. The van der Waals surface area contributed by atoms with Gasteiger partial charge in [0.1, 0.15) is 0 Å². The topological polar surface area (TPSA) is 13.0 Å². The smallest absolute Gasteiger partial charge is 0.0931 e. The second-order valence-electron chi connectivity index (χ2n) is 12.4. The summed E-state index contributed by atoms with van der Waals surface area (Å²) < 4.78 is 0. The first-order valence-electron chi connectivity index (χ1n) is 14.9.